The minimum atomic E-state index is 0.220. The topological polar surface area (TPSA) is 74.4 Å². The van der Waals surface area contributed by atoms with Crippen LogP contribution >= 0.6 is 11.3 Å². The Morgan fingerprint density at radius 2 is 2.22 bits per heavy atom. The summed E-state index contributed by atoms with van der Waals surface area (Å²) in [6.45, 7) is 1.83. The summed E-state index contributed by atoms with van der Waals surface area (Å²) in [6, 6.07) is 0.613. The first-order valence-corrected chi connectivity index (χ1v) is 7.41. The maximum absolute atomic E-state index is 9.21. The van der Waals surface area contributed by atoms with E-state index in [9.17, 15) is 5.11 Å². The number of thiazole rings is 1. The van der Waals surface area contributed by atoms with Crippen LogP contribution in [0.1, 0.15) is 37.0 Å². The molecule has 0 aromatic carbocycles. The molecule has 102 valence electrons. The Balaban J connectivity index is 1.95. The number of hydrazine groups is 1. The van der Waals surface area contributed by atoms with Crippen molar-refractivity contribution in [3.8, 4) is 0 Å². The fraction of sp³-hybridized carbons (Fsp3) is 0.750. The quantitative estimate of drug-likeness (QED) is 0.540. The smallest absolute Gasteiger partial charge is 0.197 e. The molecule has 5 nitrogen and oxygen atoms in total. The van der Waals surface area contributed by atoms with Crippen LogP contribution in [0, 0.1) is 0 Å². The second-order valence-electron chi connectivity index (χ2n) is 4.76. The highest BCUT2D eigenvalue weighted by Gasteiger charge is 2.21. The highest BCUT2D eigenvalue weighted by Crippen LogP contribution is 2.26. The van der Waals surface area contributed by atoms with Crippen molar-refractivity contribution in [1.82, 2.24) is 9.88 Å². The first-order chi connectivity index (χ1) is 8.83. The van der Waals surface area contributed by atoms with E-state index >= 15 is 0 Å². The van der Waals surface area contributed by atoms with E-state index in [4.69, 9.17) is 5.84 Å². The lowest BCUT2D eigenvalue weighted by Gasteiger charge is -2.33. The van der Waals surface area contributed by atoms with Crippen LogP contribution in [-0.2, 0) is 6.54 Å². The average molecular weight is 270 g/mol. The Morgan fingerprint density at radius 3 is 2.83 bits per heavy atom. The first kappa shape index (κ1) is 13.7. The summed E-state index contributed by atoms with van der Waals surface area (Å²) in [5.74, 6) is 5.34. The zero-order valence-electron chi connectivity index (χ0n) is 10.6. The summed E-state index contributed by atoms with van der Waals surface area (Å²) in [5.41, 5.74) is 2.57. The van der Waals surface area contributed by atoms with Gasteiger partial charge in [0.25, 0.3) is 0 Å². The molecule has 1 aromatic rings. The number of nitrogens with one attached hydrogen (secondary N) is 1. The molecule has 0 aliphatic heterocycles. The molecule has 0 amide bonds. The Kier molecular flexibility index (Phi) is 5.37. The third kappa shape index (κ3) is 3.65. The maximum atomic E-state index is 9.21. The minimum Gasteiger partial charge on any atom is -0.395 e. The number of rotatable bonds is 6. The first-order valence-electron chi connectivity index (χ1n) is 6.59. The Labute approximate surface area is 112 Å². The second kappa shape index (κ2) is 7.04. The van der Waals surface area contributed by atoms with Gasteiger partial charge in [0.15, 0.2) is 5.13 Å². The van der Waals surface area contributed by atoms with Crippen LogP contribution in [0.5, 0.6) is 0 Å². The predicted molar refractivity (Wildman–Crippen MR) is 74.3 cm³/mol. The van der Waals surface area contributed by atoms with Crippen molar-refractivity contribution in [3.63, 3.8) is 0 Å². The van der Waals surface area contributed by atoms with E-state index in [0.29, 0.717) is 6.04 Å². The Hall–Kier alpha value is -0.690. The van der Waals surface area contributed by atoms with Crippen LogP contribution in [-0.4, -0.2) is 34.2 Å². The number of hydrogen-bond acceptors (Lipinski definition) is 6. The standard InChI is InChI=1S/C12H22N4OS/c13-15-12-14-8-11(18-12)9-16(6-7-17)10-4-2-1-3-5-10/h8,10,17H,1-7,9,13H2,(H,14,15). The average Bonchev–Trinajstić information content (AvgIpc) is 2.87. The maximum Gasteiger partial charge on any atom is 0.197 e. The number of nitrogens with zero attached hydrogens (tertiary/aromatic N) is 2. The molecule has 18 heavy (non-hydrogen) atoms. The molecule has 0 bridgehead atoms. The summed E-state index contributed by atoms with van der Waals surface area (Å²) in [6.07, 6.45) is 8.34. The van der Waals surface area contributed by atoms with Crippen molar-refractivity contribution >= 4 is 16.5 Å². The van der Waals surface area contributed by atoms with Gasteiger partial charge in [-0.2, -0.15) is 0 Å². The molecule has 0 spiro atoms. The van der Waals surface area contributed by atoms with E-state index in [-0.39, 0.29) is 6.61 Å². The van der Waals surface area contributed by atoms with Gasteiger partial charge in [-0.25, -0.2) is 10.8 Å². The lowest BCUT2D eigenvalue weighted by molar-refractivity contribution is 0.118. The normalized spacial score (nSPS) is 17.3. The van der Waals surface area contributed by atoms with E-state index in [2.05, 4.69) is 15.3 Å². The SMILES string of the molecule is NNc1ncc(CN(CCO)C2CCCCC2)s1. The van der Waals surface area contributed by atoms with Gasteiger partial charge in [0, 0.05) is 30.2 Å². The van der Waals surface area contributed by atoms with Gasteiger partial charge in [-0.3, -0.25) is 10.3 Å². The number of nitrogens with two attached hydrogens (primary N) is 1. The predicted octanol–water partition coefficient (Wildman–Crippen LogP) is 1.56. The minimum absolute atomic E-state index is 0.220. The molecule has 1 heterocycles. The molecule has 1 aliphatic rings. The molecule has 0 radical (unpaired) electrons. The van der Waals surface area contributed by atoms with Crippen molar-refractivity contribution in [2.45, 2.75) is 44.7 Å². The van der Waals surface area contributed by atoms with E-state index < -0.39 is 0 Å². The zero-order chi connectivity index (χ0) is 12.8. The van der Waals surface area contributed by atoms with Crippen LogP contribution in [0.3, 0.4) is 0 Å². The zero-order valence-corrected chi connectivity index (χ0v) is 11.5. The van der Waals surface area contributed by atoms with E-state index in [0.717, 1.165) is 18.2 Å². The third-order valence-electron chi connectivity index (χ3n) is 3.51. The molecule has 0 unspecified atom stereocenters. The largest absolute Gasteiger partial charge is 0.395 e. The number of anilines is 1. The Morgan fingerprint density at radius 1 is 1.44 bits per heavy atom. The summed E-state index contributed by atoms with van der Waals surface area (Å²) in [5, 5.41) is 9.96. The number of aliphatic hydroxyl groups excluding tert-OH is 1. The van der Waals surface area contributed by atoms with Gasteiger partial charge in [-0.15, -0.1) is 0 Å². The fourth-order valence-corrected chi connectivity index (χ4v) is 3.36. The fourth-order valence-electron chi connectivity index (χ4n) is 2.61. The van der Waals surface area contributed by atoms with Crippen molar-refractivity contribution in [2.24, 2.45) is 5.84 Å². The summed E-state index contributed by atoms with van der Waals surface area (Å²) >= 11 is 1.58. The van der Waals surface area contributed by atoms with E-state index in [1.807, 2.05) is 6.20 Å². The molecule has 1 aliphatic carbocycles. The molecule has 1 fully saturated rings. The molecular weight excluding hydrogens is 248 g/mol. The third-order valence-corrected chi connectivity index (χ3v) is 4.43. The molecule has 0 atom stereocenters. The van der Waals surface area contributed by atoms with Crippen molar-refractivity contribution in [1.29, 1.82) is 0 Å². The number of nitrogen functional groups attached to an aromatic ring is 1. The molecule has 6 heteroatoms. The highest BCUT2D eigenvalue weighted by atomic mass is 32.1. The van der Waals surface area contributed by atoms with Crippen LogP contribution in [0.15, 0.2) is 6.20 Å². The van der Waals surface area contributed by atoms with Crippen molar-refractivity contribution in [2.75, 3.05) is 18.6 Å². The van der Waals surface area contributed by atoms with E-state index in [1.165, 1.54) is 37.0 Å². The van der Waals surface area contributed by atoms with Crippen molar-refractivity contribution in [3.05, 3.63) is 11.1 Å². The molecule has 0 saturated heterocycles. The lowest BCUT2D eigenvalue weighted by Crippen LogP contribution is -2.38. The van der Waals surface area contributed by atoms with Gasteiger partial charge in [-0.05, 0) is 12.8 Å². The number of aromatic nitrogens is 1. The van der Waals surface area contributed by atoms with Gasteiger partial charge < -0.3 is 5.11 Å². The summed E-state index contributed by atoms with van der Waals surface area (Å²) in [4.78, 5) is 7.76. The summed E-state index contributed by atoms with van der Waals surface area (Å²) < 4.78 is 0. The van der Waals surface area contributed by atoms with Crippen LogP contribution in [0.4, 0.5) is 5.13 Å². The van der Waals surface area contributed by atoms with E-state index in [1.54, 1.807) is 11.3 Å². The van der Waals surface area contributed by atoms with Crippen LogP contribution in [0.2, 0.25) is 0 Å². The van der Waals surface area contributed by atoms with Gasteiger partial charge in [0.2, 0.25) is 0 Å². The molecule has 2 rings (SSSR count). The van der Waals surface area contributed by atoms with Gasteiger partial charge >= 0.3 is 0 Å². The number of aliphatic hydroxyl groups is 1. The molecule has 1 aromatic heterocycles. The lowest BCUT2D eigenvalue weighted by atomic mass is 9.94. The molecule has 4 N–H and O–H groups in total. The Bertz CT molecular complexity index is 352. The monoisotopic (exact) mass is 270 g/mol. The molecular formula is C12H22N4OS. The van der Waals surface area contributed by atoms with Crippen molar-refractivity contribution < 1.29 is 5.11 Å². The van der Waals surface area contributed by atoms with Gasteiger partial charge in [0.1, 0.15) is 0 Å². The van der Waals surface area contributed by atoms with Gasteiger partial charge in [-0.1, -0.05) is 30.6 Å². The van der Waals surface area contributed by atoms with Crippen LogP contribution in [0.25, 0.3) is 0 Å². The van der Waals surface area contributed by atoms with Crippen LogP contribution < -0.4 is 11.3 Å². The summed E-state index contributed by atoms with van der Waals surface area (Å²) in [7, 11) is 0. The second-order valence-corrected chi connectivity index (χ2v) is 5.88. The number of hydrogen-bond donors (Lipinski definition) is 3. The van der Waals surface area contributed by atoms with Gasteiger partial charge in [0.05, 0.1) is 6.61 Å². The molecule has 1 saturated carbocycles. The highest BCUT2D eigenvalue weighted by molar-refractivity contribution is 7.15.